The zero-order chi connectivity index (χ0) is 43.6. The van der Waals surface area contributed by atoms with Gasteiger partial charge in [0.15, 0.2) is 5.82 Å². The Morgan fingerprint density at radius 3 is 1.63 bits per heavy atom. The average molecular weight is 834 g/mol. The van der Waals surface area contributed by atoms with Crippen LogP contribution in [0.15, 0.2) is 206 Å². The van der Waals surface area contributed by atoms with Crippen LogP contribution in [0.1, 0.15) is 39.2 Å². The molecular weight excluding hydrogens is 791 g/mol. The van der Waals surface area contributed by atoms with E-state index in [1.807, 2.05) is 6.20 Å². The fourth-order valence-corrected chi connectivity index (χ4v) is 10.4. The molecule has 0 saturated heterocycles. The molecule has 1 spiro atoms. The Hall–Kier alpha value is -8.21. The highest BCUT2D eigenvalue weighted by atomic mass is 16.5. The summed E-state index contributed by atoms with van der Waals surface area (Å²) < 4.78 is 7.30. The molecule has 0 saturated carbocycles. The van der Waals surface area contributed by atoms with E-state index in [-0.39, 0.29) is 0 Å². The smallest absolute Gasteiger partial charge is 0.160 e. The number of fused-ring (bicyclic) bond motifs is 9. The van der Waals surface area contributed by atoms with Gasteiger partial charge in [-0.25, -0.2) is 9.97 Å². The lowest BCUT2D eigenvalue weighted by Crippen LogP contribution is -2.32. The Bertz CT molecular complexity index is 3450. The van der Waals surface area contributed by atoms with E-state index in [2.05, 4.69) is 226 Å². The second kappa shape index (κ2) is 15.3. The second-order valence-electron chi connectivity index (χ2n) is 17.2. The average Bonchev–Trinajstić information content (AvgIpc) is 3.65. The summed E-state index contributed by atoms with van der Waals surface area (Å²) in [6.07, 6.45) is 1.93. The van der Waals surface area contributed by atoms with Gasteiger partial charge >= 0.3 is 0 Å². The molecule has 1 aliphatic heterocycles. The normalized spacial score (nSPS) is 12.8. The Kier molecular flexibility index (Phi) is 9.03. The molecule has 0 atom stereocenters. The van der Waals surface area contributed by atoms with E-state index in [9.17, 15) is 0 Å². The predicted molar refractivity (Wildman–Crippen MR) is 264 cm³/mol. The van der Waals surface area contributed by atoms with Crippen molar-refractivity contribution in [1.82, 2.24) is 15.0 Å². The van der Waals surface area contributed by atoms with Crippen molar-refractivity contribution < 1.29 is 4.74 Å². The SMILES string of the molecule is Cc1cnc(C)c(-c2ccc(-c3ccccc3-c3cccc4c3Oc3ccc(-c5nc(C)cc(-c6ccccc6-c6ccccc6)n5)cc3C43c4ccccc4-c4ccccc43)cc2)c1. The number of ether oxygens (including phenoxy) is 1. The summed E-state index contributed by atoms with van der Waals surface area (Å²) in [6, 6.07) is 71.9. The van der Waals surface area contributed by atoms with E-state index < -0.39 is 5.41 Å². The Morgan fingerprint density at radius 2 is 0.923 bits per heavy atom. The number of benzene rings is 8. The molecule has 1 aliphatic carbocycles. The summed E-state index contributed by atoms with van der Waals surface area (Å²) in [5, 5.41) is 0. The fourth-order valence-electron chi connectivity index (χ4n) is 10.4. The number of pyridine rings is 1. The highest BCUT2D eigenvalue weighted by Gasteiger charge is 2.51. The first-order valence-electron chi connectivity index (χ1n) is 22.3. The molecule has 10 aromatic rings. The summed E-state index contributed by atoms with van der Waals surface area (Å²) in [6.45, 7) is 6.22. The lowest BCUT2D eigenvalue weighted by Gasteiger charge is -2.40. The molecular formula is C61H43N3O. The van der Waals surface area contributed by atoms with Crippen molar-refractivity contribution >= 4 is 0 Å². The first-order chi connectivity index (χ1) is 32.0. The standard InChI is InChI=1S/C61H43N3O/c1-38-34-52(40(3)62-37-38)43-30-28-42(29-31-43)45-18-7-9-20-47(45)51-24-15-27-55-59(51)65-58-33-32-44(36-56(58)61(55)53-25-13-11-21-48(53)49-22-12-14-26-54(49)61)60-63-39(2)35-57(64-60)50-23-10-8-19-46(50)41-16-5-4-6-17-41/h4-37H,1-3H3. The minimum absolute atomic E-state index is 0.675. The second-order valence-corrected chi connectivity index (χ2v) is 17.2. The summed E-state index contributed by atoms with van der Waals surface area (Å²) in [5.41, 5.74) is 21.4. The number of rotatable bonds is 6. The Morgan fingerprint density at radius 1 is 0.385 bits per heavy atom. The molecule has 8 aromatic carbocycles. The van der Waals surface area contributed by atoms with E-state index in [1.54, 1.807) is 0 Å². The van der Waals surface area contributed by atoms with Crippen LogP contribution in [0.2, 0.25) is 0 Å². The van der Waals surface area contributed by atoms with Crippen LogP contribution in [0.3, 0.4) is 0 Å². The zero-order valence-corrected chi connectivity index (χ0v) is 36.4. The third kappa shape index (κ3) is 6.17. The number of hydrogen-bond donors (Lipinski definition) is 0. The molecule has 2 aromatic heterocycles. The monoisotopic (exact) mass is 833 g/mol. The summed E-state index contributed by atoms with van der Waals surface area (Å²) in [7, 11) is 0. The molecule has 0 N–H and O–H groups in total. The number of nitrogens with zero attached hydrogens (tertiary/aromatic N) is 3. The molecule has 65 heavy (non-hydrogen) atoms. The van der Waals surface area contributed by atoms with Gasteiger partial charge in [0.05, 0.1) is 11.1 Å². The third-order valence-electron chi connectivity index (χ3n) is 13.3. The van der Waals surface area contributed by atoms with Crippen LogP contribution in [0.5, 0.6) is 11.5 Å². The lowest BCUT2D eigenvalue weighted by atomic mass is 9.65. The van der Waals surface area contributed by atoms with Crippen molar-refractivity contribution in [3.05, 3.63) is 246 Å². The van der Waals surface area contributed by atoms with E-state index in [1.165, 1.54) is 22.3 Å². The van der Waals surface area contributed by atoms with Gasteiger partial charge in [0, 0.05) is 51.0 Å². The molecule has 4 nitrogen and oxygen atoms in total. The van der Waals surface area contributed by atoms with Gasteiger partial charge in [-0.05, 0) is 112 Å². The summed E-state index contributed by atoms with van der Waals surface area (Å²) in [4.78, 5) is 15.1. The third-order valence-corrected chi connectivity index (χ3v) is 13.3. The van der Waals surface area contributed by atoms with E-state index in [0.717, 1.165) is 101 Å². The van der Waals surface area contributed by atoms with Crippen molar-refractivity contribution in [3.63, 3.8) is 0 Å². The summed E-state index contributed by atoms with van der Waals surface area (Å²) in [5.74, 6) is 2.34. The van der Waals surface area contributed by atoms with Crippen molar-refractivity contribution in [1.29, 1.82) is 0 Å². The van der Waals surface area contributed by atoms with Gasteiger partial charge in [-0.1, -0.05) is 170 Å². The van der Waals surface area contributed by atoms with Crippen LogP contribution in [-0.2, 0) is 5.41 Å². The lowest BCUT2D eigenvalue weighted by molar-refractivity contribution is 0.438. The first-order valence-corrected chi connectivity index (χ1v) is 22.3. The van der Waals surface area contributed by atoms with Gasteiger partial charge in [0.2, 0.25) is 0 Å². The van der Waals surface area contributed by atoms with Gasteiger partial charge in [0.1, 0.15) is 11.5 Å². The fraction of sp³-hybridized carbons (Fsp3) is 0.0656. The van der Waals surface area contributed by atoms with Crippen LogP contribution in [0.25, 0.3) is 78.3 Å². The van der Waals surface area contributed by atoms with E-state index in [4.69, 9.17) is 14.7 Å². The molecule has 0 unspecified atom stereocenters. The minimum atomic E-state index is -0.689. The molecule has 0 amide bonds. The van der Waals surface area contributed by atoms with Crippen LogP contribution in [0.4, 0.5) is 0 Å². The maximum atomic E-state index is 7.30. The van der Waals surface area contributed by atoms with Crippen LogP contribution >= 0.6 is 0 Å². The van der Waals surface area contributed by atoms with Gasteiger partial charge in [0.25, 0.3) is 0 Å². The molecule has 0 bridgehead atoms. The van der Waals surface area contributed by atoms with Crippen LogP contribution in [-0.4, -0.2) is 15.0 Å². The van der Waals surface area contributed by atoms with Crippen LogP contribution < -0.4 is 4.74 Å². The number of aromatic nitrogens is 3. The molecule has 3 heterocycles. The molecule has 2 aliphatic rings. The highest BCUT2D eigenvalue weighted by molar-refractivity contribution is 5.93. The number of aryl methyl sites for hydroxylation is 3. The van der Waals surface area contributed by atoms with Gasteiger partial charge in [-0.2, -0.15) is 0 Å². The minimum Gasteiger partial charge on any atom is -0.456 e. The van der Waals surface area contributed by atoms with Crippen LogP contribution in [0, 0.1) is 20.8 Å². The molecule has 4 heteroatoms. The number of hydrogen-bond acceptors (Lipinski definition) is 4. The highest BCUT2D eigenvalue weighted by Crippen LogP contribution is 2.63. The maximum Gasteiger partial charge on any atom is 0.160 e. The van der Waals surface area contributed by atoms with Gasteiger partial charge in [-0.3, -0.25) is 4.98 Å². The van der Waals surface area contributed by atoms with Crippen molar-refractivity contribution in [2.45, 2.75) is 26.2 Å². The van der Waals surface area contributed by atoms with Crippen molar-refractivity contribution in [2.24, 2.45) is 0 Å². The molecule has 0 fully saturated rings. The van der Waals surface area contributed by atoms with E-state index >= 15 is 0 Å². The quantitative estimate of drug-likeness (QED) is 0.167. The largest absolute Gasteiger partial charge is 0.456 e. The maximum absolute atomic E-state index is 7.30. The van der Waals surface area contributed by atoms with Gasteiger partial charge in [-0.15, -0.1) is 0 Å². The van der Waals surface area contributed by atoms with Crippen molar-refractivity contribution in [2.75, 3.05) is 0 Å². The summed E-state index contributed by atoms with van der Waals surface area (Å²) >= 11 is 0. The molecule has 0 radical (unpaired) electrons. The zero-order valence-electron chi connectivity index (χ0n) is 36.4. The Balaban J connectivity index is 1.04. The van der Waals surface area contributed by atoms with Crippen molar-refractivity contribution in [3.8, 4) is 89.8 Å². The number of para-hydroxylation sites is 1. The molecule has 12 rings (SSSR count). The first kappa shape index (κ1) is 38.5. The topological polar surface area (TPSA) is 47.9 Å². The van der Waals surface area contributed by atoms with E-state index in [0.29, 0.717) is 5.82 Å². The van der Waals surface area contributed by atoms with Gasteiger partial charge < -0.3 is 4.74 Å². The predicted octanol–water partition coefficient (Wildman–Crippen LogP) is 15.3. The molecule has 308 valence electrons. The Labute approximate surface area is 379 Å².